The summed E-state index contributed by atoms with van der Waals surface area (Å²) in [5.41, 5.74) is 3.34. The quantitative estimate of drug-likeness (QED) is 0.533. The Balaban J connectivity index is 1.56. The molecular weight excluding hydrogens is 410 g/mol. The fourth-order valence-electron chi connectivity index (χ4n) is 3.10. The molecule has 2 aromatic heterocycles. The van der Waals surface area contributed by atoms with Crippen LogP contribution < -0.4 is 10.1 Å². The number of anilines is 1. The molecule has 4 rings (SSSR count). The molecule has 0 saturated heterocycles. The van der Waals surface area contributed by atoms with Crippen molar-refractivity contribution < 1.29 is 4.74 Å². The number of halogens is 1. The Bertz CT molecular complexity index is 978. The van der Waals surface area contributed by atoms with Crippen LogP contribution >= 0.6 is 34.3 Å². The molecule has 0 aliphatic carbocycles. The highest BCUT2D eigenvalue weighted by Crippen LogP contribution is 2.45. The predicted octanol–water partition coefficient (Wildman–Crippen LogP) is 5.84. The summed E-state index contributed by atoms with van der Waals surface area (Å²) >= 11 is 9.98. The number of likely N-dealkylation sites (N-methyl/N-ethyl adjacent to an activating group) is 1. The molecule has 3 heterocycles. The van der Waals surface area contributed by atoms with Crippen molar-refractivity contribution in [2.75, 3.05) is 32.6 Å². The summed E-state index contributed by atoms with van der Waals surface area (Å²) in [6.45, 7) is 3.68. The SMILES string of the molecule is Cc1c(-c2ccc(OCCN(C)C)cc2)sc2c1C(Cl)=NC(c1cccs1)N2. The van der Waals surface area contributed by atoms with Crippen LogP contribution in [0.15, 0.2) is 46.8 Å². The van der Waals surface area contributed by atoms with E-state index in [9.17, 15) is 0 Å². The molecule has 7 heteroatoms. The summed E-state index contributed by atoms with van der Waals surface area (Å²) in [5, 5.41) is 7.26. The lowest BCUT2D eigenvalue weighted by atomic mass is 10.1. The van der Waals surface area contributed by atoms with E-state index in [1.165, 1.54) is 4.88 Å². The number of aliphatic imine (C=N–C) groups is 1. The van der Waals surface area contributed by atoms with Gasteiger partial charge in [0.25, 0.3) is 0 Å². The summed E-state index contributed by atoms with van der Waals surface area (Å²) in [4.78, 5) is 9.14. The Morgan fingerprint density at radius 1 is 1.21 bits per heavy atom. The van der Waals surface area contributed by atoms with Crippen LogP contribution in [0.25, 0.3) is 10.4 Å². The number of ether oxygens (including phenoxy) is 1. The van der Waals surface area contributed by atoms with Crippen molar-refractivity contribution in [2.45, 2.75) is 13.1 Å². The topological polar surface area (TPSA) is 36.9 Å². The van der Waals surface area contributed by atoms with Crippen LogP contribution in [-0.4, -0.2) is 37.3 Å². The molecule has 0 spiro atoms. The van der Waals surface area contributed by atoms with Crippen LogP contribution in [0.2, 0.25) is 0 Å². The average Bonchev–Trinajstić information content (AvgIpc) is 3.31. The molecule has 1 atom stereocenters. The average molecular weight is 432 g/mol. The molecule has 3 aromatic rings. The van der Waals surface area contributed by atoms with Gasteiger partial charge >= 0.3 is 0 Å². The third-order valence-electron chi connectivity index (χ3n) is 4.60. The molecule has 1 aliphatic heterocycles. The van der Waals surface area contributed by atoms with Crippen molar-refractivity contribution >= 4 is 44.4 Å². The molecule has 0 bridgehead atoms. The van der Waals surface area contributed by atoms with Crippen LogP contribution in [-0.2, 0) is 0 Å². The third kappa shape index (κ3) is 3.96. The van der Waals surface area contributed by atoms with Gasteiger partial charge in [-0.2, -0.15) is 0 Å². The molecule has 1 N–H and O–H groups in total. The second kappa shape index (κ2) is 8.25. The molecule has 1 aromatic carbocycles. The Morgan fingerprint density at radius 3 is 2.68 bits per heavy atom. The number of hydrogen-bond donors (Lipinski definition) is 1. The molecule has 146 valence electrons. The normalized spacial score (nSPS) is 15.9. The van der Waals surface area contributed by atoms with Crippen molar-refractivity contribution in [1.29, 1.82) is 0 Å². The van der Waals surface area contributed by atoms with E-state index >= 15 is 0 Å². The van der Waals surface area contributed by atoms with Crippen molar-refractivity contribution in [2.24, 2.45) is 4.99 Å². The minimum Gasteiger partial charge on any atom is -0.492 e. The van der Waals surface area contributed by atoms with Crippen LogP contribution in [0.1, 0.15) is 22.2 Å². The minimum absolute atomic E-state index is 0.113. The smallest absolute Gasteiger partial charge is 0.156 e. The van der Waals surface area contributed by atoms with Gasteiger partial charge in [0.1, 0.15) is 22.5 Å². The maximum absolute atomic E-state index is 6.57. The first-order valence-corrected chi connectivity index (χ1v) is 11.2. The molecule has 0 amide bonds. The van der Waals surface area contributed by atoms with Gasteiger partial charge in [-0.1, -0.05) is 17.7 Å². The molecule has 0 fully saturated rings. The second-order valence-corrected chi connectivity index (χ2v) is 9.28. The lowest BCUT2D eigenvalue weighted by molar-refractivity contribution is 0.261. The van der Waals surface area contributed by atoms with Crippen LogP contribution in [0.4, 0.5) is 5.00 Å². The summed E-state index contributed by atoms with van der Waals surface area (Å²) < 4.78 is 5.80. The van der Waals surface area contributed by atoms with E-state index in [4.69, 9.17) is 16.3 Å². The zero-order valence-corrected chi connectivity index (χ0v) is 18.4. The number of nitrogens with one attached hydrogen (secondary N) is 1. The first-order valence-electron chi connectivity index (χ1n) is 9.08. The summed E-state index contributed by atoms with van der Waals surface area (Å²) in [6.07, 6.45) is -0.113. The fraction of sp³-hybridized carbons (Fsp3) is 0.286. The highest BCUT2D eigenvalue weighted by atomic mass is 35.5. The Kier molecular flexibility index (Phi) is 5.73. The van der Waals surface area contributed by atoms with Crippen molar-refractivity contribution in [3.8, 4) is 16.2 Å². The van der Waals surface area contributed by atoms with Gasteiger partial charge in [0.2, 0.25) is 0 Å². The molecule has 0 saturated carbocycles. The Labute approximate surface area is 178 Å². The number of rotatable bonds is 6. The van der Waals surface area contributed by atoms with Gasteiger partial charge < -0.3 is 15.0 Å². The molecular formula is C21H22ClN3OS2. The molecule has 28 heavy (non-hydrogen) atoms. The standard InChI is InChI=1S/C21H22ClN3OS2/c1-13-17-19(22)23-20(16-5-4-12-27-16)24-21(17)28-18(13)14-6-8-15(9-7-14)26-11-10-25(2)3/h4-9,12,20,24H,10-11H2,1-3H3. The third-order valence-corrected chi connectivity index (χ3v) is 7.08. The molecule has 0 radical (unpaired) electrons. The lowest BCUT2D eigenvalue weighted by Crippen LogP contribution is -2.19. The zero-order chi connectivity index (χ0) is 19.7. The molecule has 1 unspecified atom stereocenters. The van der Waals surface area contributed by atoms with Crippen LogP contribution in [0, 0.1) is 6.92 Å². The van der Waals surface area contributed by atoms with Gasteiger partial charge in [-0.3, -0.25) is 0 Å². The van der Waals surface area contributed by atoms with Crippen molar-refractivity contribution in [1.82, 2.24) is 4.90 Å². The van der Waals surface area contributed by atoms with E-state index in [1.54, 1.807) is 22.7 Å². The number of thiophene rings is 2. The Morgan fingerprint density at radius 2 is 2.00 bits per heavy atom. The monoisotopic (exact) mass is 431 g/mol. The predicted molar refractivity (Wildman–Crippen MR) is 122 cm³/mol. The number of benzene rings is 1. The number of fused-ring (bicyclic) bond motifs is 1. The summed E-state index contributed by atoms with van der Waals surface area (Å²) in [6, 6.07) is 12.4. The summed E-state index contributed by atoms with van der Waals surface area (Å²) in [7, 11) is 4.08. The van der Waals surface area contributed by atoms with Gasteiger partial charge in [0.05, 0.1) is 0 Å². The first-order chi connectivity index (χ1) is 13.5. The highest BCUT2D eigenvalue weighted by molar-refractivity contribution is 7.20. The van der Waals surface area contributed by atoms with E-state index < -0.39 is 0 Å². The van der Waals surface area contributed by atoms with E-state index in [-0.39, 0.29) is 6.17 Å². The van der Waals surface area contributed by atoms with Gasteiger partial charge in [-0.15, -0.1) is 22.7 Å². The summed E-state index contributed by atoms with van der Waals surface area (Å²) in [5.74, 6) is 0.889. The minimum atomic E-state index is -0.113. The number of nitrogens with zero attached hydrogens (tertiary/aromatic N) is 2. The maximum Gasteiger partial charge on any atom is 0.156 e. The van der Waals surface area contributed by atoms with Gasteiger partial charge in [-0.25, -0.2) is 4.99 Å². The number of hydrogen-bond acceptors (Lipinski definition) is 6. The van der Waals surface area contributed by atoms with Gasteiger partial charge in [-0.05, 0) is 67.9 Å². The lowest BCUT2D eigenvalue weighted by Gasteiger charge is -2.20. The van der Waals surface area contributed by atoms with E-state index in [2.05, 4.69) is 45.7 Å². The highest BCUT2D eigenvalue weighted by Gasteiger charge is 2.27. The van der Waals surface area contributed by atoms with Crippen molar-refractivity contribution in [3.05, 3.63) is 57.8 Å². The van der Waals surface area contributed by atoms with Gasteiger partial charge in [0.15, 0.2) is 6.17 Å². The van der Waals surface area contributed by atoms with Crippen molar-refractivity contribution in [3.63, 3.8) is 0 Å². The van der Waals surface area contributed by atoms with E-state index in [1.807, 2.05) is 32.3 Å². The van der Waals surface area contributed by atoms with E-state index in [0.29, 0.717) is 11.8 Å². The van der Waals surface area contributed by atoms with Crippen LogP contribution in [0.5, 0.6) is 5.75 Å². The fourth-order valence-corrected chi connectivity index (χ4v) is 5.44. The zero-order valence-electron chi connectivity index (χ0n) is 16.0. The van der Waals surface area contributed by atoms with E-state index in [0.717, 1.165) is 38.9 Å². The largest absolute Gasteiger partial charge is 0.492 e. The Hall–Kier alpha value is -1.86. The van der Waals surface area contributed by atoms with Gasteiger partial charge in [0, 0.05) is 21.9 Å². The molecule has 1 aliphatic rings. The molecule has 4 nitrogen and oxygen atoms in total. The maximum atomic E-state index is 6.57. The first kappa shape index (κ1) is 19.5. The second-order valence-electron chi connectivity index (χ2n) is 6.92. The van der Waals surface area contributed by atoms with Crippen LogP contribution in [0.3, 0.4) is 0 Å².